The van der Waals surface area contributed by atoms with Gasteiger partial charge < -0.3 is 14.8 Å². The molecule has 1 aromatic heterocycles. The van der Waals surface area contributed by atoms with Gasteiger partial charge in [0.25, 0.3) is 0 Å². The zero-order valence-electron chi connectivity index (χ0n) is 7.62. The van der Waals surface area contributed by atoms with E-state index < -0.39 is 11.6 Å². The van der Waals surface area contributed by atoms with E-state index in [2.05, 4.69) is 0 Å². The van der Waals surface area contributed by atoms with Crippen LogP contribution in [0.1, 0.15) is 17.5 Å². The monoisotopic (exact) mass is 215 g/mol. The lowest BCUT2D eigenvalue weighted by atomic mass is 9.99. The first kappa shape index (κ1) is 9.55. The molecule has 1 unspecified atom stereocenters. The Hall–Kier alpha value is -1.00. The third kappa shape index (κ3) is 1.01. The number of halogens is 1. The van der Waals surface area contributed by atoms with Crippen LogP contribution in [-0.4, -0.2) is 20.7 Å². The van der Waals surface area contributed by atoms with E-state index in [1.807, 2.05) is 0 Å². The number of nitrogens with zero attached hydrogens (tertiary/aromatic N) is 1. The first-order chi connectivity index (χ1) is 6.47. The summed E-state index contributed by atoms with van der Waals surface area (Å²) in [6, 6.07) is 0. The SMILES string of the molecule is Cn1cc2c(c1Cl)CCC2(O)C(=O)O. The molecule has 0 aromatic carbocycles. The Balaban J connectivity index is 2.60. The topological polar surface area (TPSA) is 62.5 Å². The molecule has 0 aliphatic heterocycles. The summed E-state index contributed by atoms with van der Waals surface area (Å²) in [6.07, 6.45) is 2.30. The minimum Gasteiger partial charge on any atom is -0.479 e. The zero-order valence-corrected chi connectivity index (χ0v) is 8.38. The predicted molar refractivity (Wildman–Crippen MR) is 50.3 cm³/mol. The largest absolute Gasteiger partial charge is 0.479 e. The van der Waals surface area contributed by atoms with Crippen molar-refractivity contribution in [3.8, 4) is 0 Å². The minimum absolute atomic E-state index is 0.202. The molecule has 1 aromatic rings. The molecule has 1 atom stereocenters. The fourth-order valence-electron chi connectivity index (χ4n) is 1.91. The molecule has 0 saturated heterocycles. The average molecular weight is 216 g/mol. The standard InChI is InChI=1S/C9H10ClNO3/c1-11-4-6-5(7(11)10)2-3-9(6,14)8(12)13/h4,14H,2-3H2,1H3,(H,12,13). The van der Waals surface area contributed by atoms with Crippen LogP contribution in [0.15, 0.2) is 6.20 Å². The van der Waals surface area contributed by atoms with Gasteiger partial charge in [-0.05, 0) is 18.4 Å². The highest BCUT2D eigenvalue weighted by Gasteiger charge is 2.45. The Kier molecular flexibility index (Phi) is 1.87. The van der Waals surface area contributed by atoms with E-state index in [-0.39, 0.29) is 6.42 Å². The van der Waals surface area contributed by atoms with Crippen molar-refractivity contribution in [3.05, 3.63) is 22.5 Å². The van der Waals surface area contributed by atoms with Crippen LogP contribution < -0.4 is 0 Å². The highest BCUT2D eigenvalue weighted by atomic mass is 35.5. The average Bonchev–Trinajstić information content (AvgIpc) is 2.57. The van der Waals surface area contributed by atoms with Crippen molar-refractivity contribution in [1.82, 2.24) is 4.57 Å². The molecule has 1 aliphatic carbocycles. The molecule has 14 heavy (non-hydrogen) atoms. The molecule has 2 N–H and O–H groups in total. The van der Waals surface area contributed by atoms with Crippen molar-refractivity contribution in [2.45, 2.75) is 18.4 Å². The Morgan fingerprint density at radius 3 is 2.93 bits per heavy atom. The van der Waals surface area contributed by atoms with Gasteiger partial charge in [-0.1, -0.05) is 11.6 Å². The second kappa shape index (κ2) is 2.74. The van der Waals surface area contributed by atoms with E-state index in [0.29, 0.717) is 17.1 Å². The van der Waals surface area contributed by atoms with E-state index >= 15 is 0 Å². The number of hydrogen-bond acceptors (Lipinski definition) is 2. The van der Waals surface area contributed by atoms with Gasteiger partial charge in [-0.3, -0.25) is 0 Å². The molecule has 1 heterocycles. The van der Waals surface area contributed by atoms with E-state index in [4.69, 9.17) is 16.7 Å². The van der Waals surface area contributed by atoms with Gasteiger partial charge in [0.05, 0.1) is 0 Å². The van der Waals surface area contributed by atoms with Gasteiger partial charge in [0, 0.05) is 18.8 Å². The number of carboxylic acids is 1. The highest BCUT2D eigenvalue weighted by Crippen LogP contribution is 2.41. The lowest BCUT2D eigenvalue weighted by Gasteiger charge is -2.16. The lowest BCUT2D eigenvalue weighted by Crippen LogP contribution is -2.32. The summed E-state index contributed by atoms with van der Waals surface area (Å²) in [5.74, 6) is -1.21. The second-order valence-electron chi connectivity index (χ2n) is 3.59. The smallest absolute Gasteiger partial charge is 0.340 e. The third-order valence-electron chi connectivity index (χ3n) is 2.74. The van der Waals surface area contributed by atoms with Crippen LogP contribution in [-0.2, 0) is 23.9 Å². The Morgan fingerprint density at radius 2 is 2.36 bits per heavy atom. The number of rotatable bonds is 1. The van der Waals surface area contributed by atoms with Crippen LogP contribution in [0.25, 0.3) is 0 Å². The van der Waals surface area contributed by atoms with Crippen molar-refractivity contribution >= 4 is 17.6 Å². The Labute approximate surface area is 85.7 Å². The number of carbonyl (C=O) groups is 1. The molecule has 4 nitrogen and oxygen atoms in total. The number of fused-ring (bicyclic) bond motifs is 1. The number of hydrogen-bond donors (Lipinski definition) is 2. The van der Waals surface area contributed by atoms with Crippen LogP contribution in [0.3, 0.4) is 0 Å². The fraction of sp³-hybridized carbons (Fsp3) is 0.444. The molecule has 5 heteroatoms. The third-order valence-corrected chi connectivity index (χ3v) is 3.24. The molecule has 2 rings (SSSR count). The molecular formula is C9H10ClNO3. The van der Waals surface area contributed by atoms with Gasteiger partial charge in [-0.2, -0.15) is 0 Å². The maximum Gasteiger partial charge on any atom is 0.340 e. The first-order valence-corrected chi connectivity index (χ1v) is 4.64. The molecule has 1 aliphatic rings. The van der Waals surface area contributed by atoms with Gasteiger partial charge >= 0.3 is 5.97 Å². The van der Waals surface area contributed by atoms with E-state index in [9.17, 15) is 9.90 Å². The number of aliphatic hydroxyl groups is 1. The summed E-state index contributed by atoms with van der Waals surface area (Å²) < 4.78 is 1.62. The molecule has 0 radical (unpaired) electrons. The van der Waals surface area contributed by atoms with Gasteiger partial charge in [0.15, 0.2) is 5.60 Å². The molecule has 0 fully saturated rings. The van der Waals surface area contributed by atoms with Crippen molar-refractivity contribution in [3.63, 3.8) is 0 Å². The summed E-state index contributed by atoms with van der Waals surface area (Å²) in [5, 5.41) is 19.3. The van der Waals surface area contributed by atoms with Gasteiger partial charge in [-0.25, -0.2) is 4.79 Å². The normalized spacial score (nSPS) is 25.1. The zero-order chi connectivity index (χ0) is 10.5. The molecular weight excluding hydrogens is 206 g/mol. The molecule has 0 spiro atoms. The quantitative estimate of drug-likeness (QED) is 0.732. The highest BCUT2D eigenvalue weighted by molar-refractivity contribution is 6.30. The molecule has 0 saturated carbocycles. The minimum atomic E-state index is -1.75. The summed E-state index contributed by atoms with van der Waals surface area (Å²) in [7, 11) is 1.73. The van der Waals surface area contributed by atoms with Crippen LogP contribution in [0.2, 0.25) is 5.15 Å². The predicted octanol–water partition coefficient (Wildman–Crippen LogP) is 0.897. The van der Waals surface area contributed by atoms with E-state index in [1.165, 1.54) is 0 Å². The van der Waals surface area contributed by atoms with Crippen molar-refractivity contribution in [2.75, 3.05) is 0 Å². The van der Waals surface area contributed by atoms with Gasteiger partial charge in [0.1, 0.15) is 5.15 Å². The van der Waals surface area contributed by atoms with Gasteiger partial charge in [-0.15, -0.1) is 0 Å². The van der Waals surface area contributed by atoms with Crippen LogP contribution in [0, 0.1) is 0 Å². The van der Waals surface area contributed by atoms with Crippen molar-refractivity contribution in [2.24, 2.45) is 7.05 Å². The van der Waals surface area contributed by atoms with Crippen LogP contribution in [0.4, 0.5) is 0 Å². The lowest BCUT2D eigenvalue weighted by molar-refractivity contribution is -0.159. The van der Waals surface area contributed by atoms with E-state index in [0.717, 1.165) is 5.56 Å². The number of aliphatic carboxylic acids is 1. The molecule has 0 amide bonds. The summed E-state index contributed by atoms with van der Waals surface area (Å²) in [5.41, 5.74) is -0.572. The Morgan fingerprint density at radius 1 is 1.71 bits per heavy atom. The van der Waals surface area contributed by atoms with Crippen LogP contribution >= 0.6 is 11.6 Å². The first-order valence-electron chi connectivity index (χ1n) is 4.27. The summed E-state index contributed by atoms with van der Waals surface area (Å²) >= 11 is 5.95. The maximum absolute atomic E-state index is 10.9. The maximum atomic E-state index is 10.9. The van der Waals surface area contributed by atoms with Crippen molar-refractivity contribution in [1.29, 1.82) is 0 Å². The number of carboxylic acid groups (broad SMARTS) is 1. The van der Waals surface area contributed by atoms with Gasteiger partial charge in [0.2, 0.25) is 0 Å². The van der Waals surface area contributed by atoms with E-state index in [1.54, 1.807) is 17.8 Å². The number of aryl methyl sites for hydroxylation is 1. The van der Waals surface area contributed by atoms with Crippen LogP contribution in [0.5, 0.6) is 0 Å². The second-order valence-corrected chi connectivity index (χ2v) is 3.95. The summed E-state index contributed by atoms with van der Waals surface area (Å²) in [4.78, 5) is 10.9. The molecule has 76 valence electrons. The van der Waals surface area contributed by atoms with Crippen molar-refractivity contribution < 1.29 is 15.0 Å². The fourth-order valence-corrected chi connectivity index (χ4v) is 2.15. The number of aromatic nitrogens is 1. The Bertz CT molecular complexity index is 412. The summed E-state index contributed by atoms with van der Waals surface area (Å²) in [6.45, 7) is 0. The molecule has 0 bridgehead atoms.